The first-order chi connectivity index (χ1) is 13.6. The molecule has 0 spiro atoms. The fourth-order valence-electron chi connectivity index (χ4n) is 3.04. The van der Waals surface area contributed by atoms with E-state index in [1.807, 2.05) is 13.8 Å². The van der Waals surface area contributed by atoms with Crippen molar-refractivity contribution in [2.24, 2.45) is 5.92 Å². The van der Waals surface area contributed by atoms with Gasteiger partial charge in [0.2, 0.25) is 5.75 Å². The Morgan fingerprint density at radius 2 is 1.86 bits per heavy atom. The van der Waals surface area contributed by atoms with Crippen LogP contribution in [0.15, 0.2) is 23.4 Å². The monoisotopic (exact) mass is 407 g/mol. The molecule has 1 aliphatic heterocycles. The topological polar surface area (TPSA) is 129 Å². The fourth-order valence-corrected chi connectivity index (χ4v) is 3.04. The lowest BCUT2D eigenvalue weighted by Crippen LogP contribution is -2.47. The minimum Gasteiger partial charge on any atom is -0.493 e. The average molecular weight is 407 g/mol. The minimum atomic E-state index is -0.964. The van der Waals surface area contributed by atoms with Gasteiger partial charge in [-0.15, -0.1) is 0 Å². The molecule has 1 unspecified atom stereocenters. The second-order valence-corrected chi connectivity index (χ2v) is 7.00. The highest BCUT2D eigenvalue weighted by Crippen LogP contribution is 2.42. The molecule has 1 aromatic carbocycles. The molecular formula is C19H25N3O7. The van der Waals surface area contributed by atoms with Gasteiger partial charge in [-0.05, 0) is 31.4 Å². The Morgan fingerprint density at radius 3 is 2.34 bits per heavy atom. The number of nitro groups is 1. The van der Waals surface area contributed by atoms with E-state index in [0.29, 0.717) is 5.70 Å². The van der Waals surface area contributed by atoms with Gasteiger partial charge in [-0.1, -0.05) is 13.8 Å². The number of carbonyl (C=O) groups is 2. The molecule has 0 saturated carbocycles. The van der Waals surface area contributed by atoms with Gasteiger partial charge in [0.15, 0.2) is 5.75 Å². The summed E-state index contributed by atoms with van der Waals surface area (Å²) in [6.45, 7) is 7.08. The summed E-state index contributed by atoms with van der Waals surface area (Å²) < 4.78 is 15.8. The molecule has 10 nitrogen and oxygen atoms in total. The Kier molecular flexibility index (Phi) is 6.68. The molecule has 0 bridgehead atoms. The van der Waals surface area contributed by atoms with Gasteiger partial charge in [0.25, 0.3) is 0 Å². The number of ether oxygens (including phenoxy) is 3. The second kappa shape index (κ2) is 8.80. The molecule has 2 rings (SSSR count). The number of hydrogen-bond donors (Lipinski definition) is 2. The largest absolute Gasteiger partial charge is 0.493 e. The van der Waals surface area contributed by atoms with Gasteiger partial charge in [0.05, 0.1) is 36.9 Å². The maximum absolute atomic E-state index is 12.5. The zero-order chi connectivity index (χ0) is 21.9. The molecule has 158 valence electrons. The third-order valence-electron chi connectivity index (χ3n) is 4.25. The van der Waals surface area contributed by atoms with Crippen LogP contribution in [0, 0.1) is 16.0 Å². The summed E-state index contributed by atoms with van der Waals surface area (Å²) in [4.78, 5) is 35.8. The molecular weight excluding hydrogens is 382 g/mol. The van der Waals surface area contributed by atoms with Gasteiger partial charge in [-0.2, -0.15) is 0 Å². The number of urea groups is 1. The maximum Gasteiger partial charge on any atom is 0.337 e. The quantitative estimate of drug-likeness (QED) is 0.404. The third kappa shape index (κ3) is 4.58. The zero-order valence-electron chi connectivity index (χ0n) is 17.2. The van der Waals surface area contributed by atoms with Crippen molar-refractivity contribution in [2.45, 2.75) is 39.8 Å². The number of allylic oxidation sites excluding steroid dienone is 1. The number of hydrogen-bond acceptors (Lipinski definition) is 7. The number of methoxy groups -OCH3 is 2. The van der Waals surface area contributed by atoms with E-state index in [1.54, 1.807) is 13.8 Å². The Bertz CT molecular complexity index is 862. The smallest absolute Gasteiger partial charge is 0.337 e. The van der Waals surface area contributed by atoms with Crippen LogP contribution in [0.5, 0.6) is 11.5 Å². The van der Waals surface area contributed by atoms with Crippen LogP contribution in [-0.4, -0.2) is 37.2 Å². The van der Waals surface area contributed by atoms with E-state index in [9.17, 15) is 19.7 Å². The molecule has 0 saturated heterocycles. The van der Waals surface area contributed by atoms with Gasteiger partial charge in [0.1, 0.15) is 0 Å². The number of amides is 2. The van der Waals surface area contributed by atoms with Crippen LogP contribution in [0.3, 0.4) is 0 Å². The summed E-state index contributed by atoms with van der Waals surface area (Å²) in [6, 6.07) is 1.27. The maximum atomic E-state index is 12.5. The van der Waals surface area contributed by atoms with Crippen molar-refractivity contribution in [3.63, 3.8) is 0 Å². The lowest BCUT2D eigenvalue weighted by molar-refractivity contribution is -0.386. The van der Waals surface area contributed by atoms with Gasteiger partial charge in [-0.3, -0.25) is 10.1 Å². The zero-order valence-corrected chi connectivity index (χ0v) is 17.2. The molecule has 0 radical (unpaired) electrons. The predicted octanol–water partition coefficient (Wildman–Crippen LogP) is 2.83. The molecule has 2 amide bonds. The molecule has 1 aromatic rings. The molecule has 1 heterocycles. The Hall–Kier alpha value is -3.30. The molecule has 0 aromatic heterocycles. The second-order valence-electron chi connectivity index (χ2n) is 7.00. The van der Waals surface area contributed by atoms with Gasteiger partial charge in [0, 0.05) is 11.8 Å². The van der Waals surface area contributed by atoms with Crippen molar-refractivity contribution in [3.05, 3.63) is 39.1 Å². The van der Waals surface area contributed by atoms with Crippen LogP contribution in [-0.2, 0) is 9.53 Å². The van der Waals surface area contributed by atoms with Crippen LogP contribution in [0.1, 0.15) is 39.3 Å². The molecule has 29 heavy (non-hydrogen) atoms. The van der Waals surface area contributed by atoms with E-state index in [1.165, 1.54) is 26.4 Å². The number of nitrogens with zero attached hydrogens (tertiary/aromatic N) is 1. The van der Waals surface area contributed by atoms with Gasteiger partial charge >= 0.3 is 17.7 Å². The van der Waals surface area contributed by atoms with Crippen molar-refractivity contribution in [1.82, 2.24) is 10.6 Å². The highest BCUT2D eigenvalue weighted by Gasteiger charge is 2.36. The number of nitrogens with one attached hydrogen (secondary N) is 2. The van der Waals surface area contributed by atoms with E-state index in [-0.39, 0.29) is 40.3 Å². The van der Waals surface area contributed by atoms with Crippen molar-refractivity contribution in [2.75, 3.05) is 14.2 Å². The standard InChI is InChI=1S/C19H25N3O7/c1-9(2)15-14(18(23)28-6)16(21-19(24)20-15)11-7-12(22(25)26)17(29-10(3)4)13(8-11)27-5/h7-10,16H,1-6H3,(H2,20,21,24). The van der Waals surface area contributed by atoms with Crippen molar-refractivity contribution in [3.8, 4) is 11.5 Å². The van der Waals surface area contributed by atoms with E-state index in [2.05, 4.69) is 10.6 Å². The molecule has 0 aliphatic carbocycles. The first-order valence-electron chi connectivity index (χ1n) is 9.03. The molecule has 1 aliphatic rings. The highest BCUT2D eigenvalue weighted by atomic mass is 16.6. The third-order valence-corrected chi connectivity index (χ3v) is 4.25. The number of benzene rings is 1. The van der Waals surface area contributed by atoms with Gasteiger partial charge < -0.3 is 24.8 Å². The Balaban J connectivity index is 2.74. The first-order valence-corrected chi connectivity index (χ1v) is 9.03. The minimum absolute atomic E-state index is 0.0239. The molecule has 1 atom stereocenters. The molecule has 0 fully saturated rings. The van der Waals surface area contributed by atoms with E-state index < -0.39 is 23.0 Å². The predicted molar refractivity (Wildman–Crippen MR) is 104 cm³/mol. The van der Waals surface area contributed by atoms with Crippen molar-refractivity contribution >= 4 is 17.7 Å². The van der Waals surface area contributed by atoms with Gasteiger partial charge in [-0.25, -0.2) is 9.59 Å². The summed E-state index contributed by atoms with van der Waals surface area (Å²) in [5.41, 5.74) is 0.500. The Morgan fingerprint density at radius 1 is 1.21 bits per heavy atom. The van der Waals surface area contributed by atoms with Crippen molar-refractivity contribution in [1.29, 1.82) is 0 Å². The molecule has 2 N–H and O–H groups in total. The summed E-state index contributed by atoms with van der Waals surface area (Å²) in [5.74, 6) is -0.761. The van der Waals surface area contributed by atoms with E-state index >= 15 is 0 Å². The summed E-state index contributed by atoms with van der Waals surface area (Å²) >= 11 is 0. The van der Waals surface area contributed by atoms with Crippen molar-refractivity contribution < 1.29 is 28.7 Å². The van der Waals surface area contributed by atoms with E-state index in [0.717, 1.165) is 0 Å². The van der Waals surface area contributed by atoms with Crippen LogP contribution in [0.4, 0.5) is 10.5 Å². The lowest BCUT2D eigenvalue weighted by Gasteiger charge is -2.31. The fraction of sp³-hybridized carbons (Fsp3) is 0.474. The highest BCUT2D eigenvalue weighted by molar-refractivity contribution is 5.95. The van der Waals surface area contributed by atoms with E-state index in [4.69, 9.17) is 14.2 Å². The summed E-state index contributed by atoms with van der Waals surface area (Å²) in [7, 11) is 2.58. The summed E-state index contributed by atoms with van der Waals surface area (Å²) in [6.07, 6.45) is -0.329. The SMILES string of the molecule is COC(=O)C1=C(C(C)C)NC(=O)NC1c1cc(OC)c(OC(C)C)c([N+](=O)[O-])c1. The normalized spacial score (nSPS) is 16.4. The number of carbonyl (C=O) groups excluding carboxylic acids is 2. The Labute approximate surface area is 168 Å². The van der Waals surface area contributed by atoms with Crippen LogP contribution in [0.25, 0.3) is 0 Å². The van der Waals surface area contributed by atoms with Crippen LogP contribution >= 0.6 is 0 Å². The van der Waals surface area contributed by atoms with Crippen LogP contribution in [0.2, 0.25) is 0 Å². The number of esters is 1. The average Bonchev–Trinajstić information content (AvgIpc) is 2.65. The van der Waals surface area contributed by atoms with Crippen LogP contribution < -0.4 is 20.1 Å². The summed E-state index contributed by atoms with van der Waals surface area (Å²) in [5, 5.41) is 16.9. The first kappa shape index (κ1) is 22.0. The number of rotatable bonds is 7. The lowest BCUT2D eigenvalue weighted by atomic mass is 9.91. The number of nitro benzene ring substituents is 1. The molecule has 10 heteroatoms.